The third kappa shape index (κ3) is 2.68. The van der Waals surface area contributed by atoms with E-state index in [0.717, 1.165) is 11.0 Å². The van der Waals surface area contributed by atoms with E-state index in [0.29, 0.717) is 5.92 Å². The molecule has 1 heterocycles. The van der Waals surface area contributed by atoms with Crippen LogP contribution in [0.2, 0.25) is 0 Å². The highest BCUT2D eigenvalue weighted by Gasteiger charge is 2.33. The highest BCUT2D eigenvalue weighted by atomic mass is 14.9. The zero-order valence-corrected chi connectivity index (χ0v) is 14.1. The Kier molecular flexibility index (Phi) is 3.12. The van der Waals surface area contributed by atoms with Gasteiger partial charge >= 0.3 is 0 Å². The lowest BCUT2D eigenvalue weighted by Gasteiger charge is -2.24. The molecule has 1 aromatic carbocycles. The van der Waals surface area contributed by atoms with Crippen molar-refractivity contribution >= 4 is 11.0 Å². The molecule has 1 saturated carbocycles. The quantitative estimate of drug-likeness (QED) is 0.727. The van der Waals surface area contributed by atoms with E-state index in [1.165, 1.54) is 29.8 Å². The Hall–Kier alpha value is -1.44. The van der Waals surface area contributed by atoms with Gasteiger partial charge in [0.2, 0.25) is 0 Å². The molecule has 2 nitrogen and oxygen atoms in total. The lowest BCUT2D eigenvalue weighted by atomic mass is 9.85. The highest BCUT2D eigenvalue weighted by Crippen LogP contribution is 2.44. The normalized spacial score (nSPS) is 16.5. The largest absolute Gasteiger partial charge is 0.249 e. The maximum atomic E-state index is 5.11. The van der Waals surface area contributed by atoms with Gasteiger partial charge in [0.25, 0.3) is 0 Å². The maximum Gasteiger partial charge on any atom is 0.0927 e. The van der Waals surface area contributed by atoms with Crippen LogP contribution in [0.5, 0.6) is 0 Å². The molecule has 0 radical (unpaired) electrons. The Morgan fingerprint density at radius 1 is 0.905 bits per heavy atom. The minimum absolute atomic E-state index is 0.0524. The number of para-hydroxylation sites is 1. The van der Waals surface area contributed by atoms with Gasteiger partial charge in [-0.1, -0.05) is 53.7 Å². The van der Waals surface area contributed by atoms with Crippen molar-refractivity contribution in [1.82, 2.24) is 9.97 Å². The first-order valence-corrected chi connectivity index (χ1v) is 7.99. The fourth-order valence-corrected chi connectivity index (χ4v) is 2.89. The van der Waals surface area contributed by atoms with E-state index in [1.807, 2.05) is 0 Å². The molecule has 112 valence electrons. The molecule has 21 heavy (non-hydrogen) atoms. The predicted octanol–water partition coefficient (Wildman–Crippen LogP) is 5.10. The fourth-order valence-electron chi connectivity index (χ4n) is 2.89. The van der Waals surface area contributed by atoms with E-state index in [-0.39, 0.29) is 10.8 Å². The molecule has 1 aliphatic rings. The van der Waals surface area contributed by atoms with Gasteiger partial charge in [-0.15, -0.1) is 0 Å². The van der Waals surface area contributed by atoms with Crippen LogP contribution in [-0.4, -0.2) is 9.97 Å². The lowest BCUT2D eigenvalue weighted by molar-refractivity contribution is 0.557. The number of nitrogens with zero attached hydrogens (tertiary/aromatic N) is 2. The summed E-state index contributed by atoms with van der Waals surface area (Å²) in [6, 6.07) is 6.41. The number of hydrogen-bond donors (Lipinski definition) is 0. The van der Waals surface area contributed by atoms with Crippen LogP contribution in [0, 0.1) is 0 Å². The van der Waals surface area contributed by atoms with Gasteiger partial charge < -0.3 is 0 Å². The summed E-state index contributed by atoms with van der Waals surface area (Å²) in [4.78, 5) is 10.1. The number of fused-ring (bicyclic) bond motifs is 1. The average molecular weight is 282 g/mol. The summed E-state index contributed by atoms with van der Waals surface area (Å²) < 4.78 is 0. The van der Waals surface area contributed by atoms with Crippen molar-refractivity contribution in [1.29, 1.82) is 0 Å². The minimum atomic E-state index is 0.0524. The molecular formula is C19H26N2. The predicted molar refractivity (Wildman–Crippen MR) is 88.9 cm³/mol. The van der Waals surface area contributed by atoms with Gasteiger partial charge in [0, 0.05) is 11.3 Å². The van der Waals surface area contributed by atoms with Gasteiger partial charge in [0.15, 0.2) is 0 Å². The van der Waals surface area contributed by atoms with E-state index in [9.17, 15) is 0 Å². The third-order valence-electron chi connectivity index (χ3n) is 4.20. The van der Waals surface area contributed by atoms with Crippen molar-refractivity contribution in [3.05, 3.63) is 35.2 Å². The standard InChI is InChI=1S/C19H26N2/c1-18(2,3)13-8-7-9-14-16(13)21-15(12-10-11-12)17(20-14)19(4,5)6/h7-9,12H,10-11H2,1-6H3. The lowest BCUT2D eigenvalue weighted by Crippen LogP contribution is -2.19. The summed E-state index contributed by atoms with van der Waals surface area (Å²) >= 11 is 0. The second-order valence-electron chi connectivity index (χ2n) is 8.41. The highest BCUT2D eigenvalue weighted by molar-refractivity contribution is 5.79. The van der Waals surface area contributed by atoms with E-state index >= 15 is 0 Å². The van der Waals surface area contributed by atoms with Crippen LogP contribution in [-0.2, 0) is 10.8 Å². The van der Waals surface area contributed by atoms with Crippen LogP contribution in [0.15, 0.2) is 18.2 Å². The van der Waals surface area contributed by atoms with Crippen LogP contribution < -0.4 is 0 Å². The maximum absolute atomic E-state index is 5.11. The molecule has 2 aromatic rings. The zero-order chi connectivity index (χ0) is 15.4. The Balaban J connectivity index is 2.31. The Bertz CT molecular complexity index is 683. The van der Waals surface area contributed by atoms with Crippen molar-refractivity contribution < 1.29 is 0 Å². The van der Waals surface area contributed by atoms with Gasteiger partial charge in [-0.05, 0) is 29.9 Å². The molecule has 0 saturated heterocycles. The first kappa shape index (κ1) is 14.5. The van der Waals surface area contributed by atoms with Crippen LogP contribution >= 0.6 is 0 Å². The summed E-state index contributed by atoms with van der Waals surface area (Å²) in [6.07, 6.45) is 2.53. The molecule has 1 aromatic heterocycles. The van der Waals surface area contributed by atoms with Crippen LogP contribution in [0.4, 0.5) is 0 Å². The summed E-state index contributed by atoms with van der Waals surface area (Å²) in [5.41, 5.74) is 6.01. The van der Waals surface area contributed by atoms with Crippen molar-refractivity contribution in [2.75, 3.05) is 0 Å². The molecule has 0 spiro atoms. The van der Waals surface area contributed by atoms with Crippen molar-refractivity contribution in [2.24, 2.45) is 0 Å². The van der Waals surface area contributed by atoms with Gasteiger partial charge in [-0.25, -0.2) is 9.97 Å². The SMILES string of the molecule is CC(C)(C)c1nc2cccc(C(C)(C)C)c2nc1C1CC1. The molecule has 1 fully saturated rings. The first-order valence-electron chi connectivity index (χ1n) is 7.99. The molecule has 0 bridgehead atoms. The van der Waals surface area contributed by atoms with Crippen LogP contribution in [0.1, 0.15) is 77.3 Å². The van der Waals surface area contributed by atoms with E-state index in [2.05, 4.69) is 59.7 Å². The molecule has 0 unspecified atom stereocenters. The summed E-state index contributed by atoms with van der Waals surface area (Å²) in [7, 11) is 0. The topological polar surface area (TPSA) is 25.8 Å². The van der Waals surface area contributed by atoms with Gasteiger partial charge in [0.1, 0.15) is 0 Å². The summed E-state index contributed by atoms with van der Waals surface area (Å²) in [5.74, 6) is 0.629. The fraction of sp³-hybridized carbons (Fsp3) is 0.579. The Morgan fingerprint density at radius 3 is 2.10 bits per heavy atom. The van der Waals surface area contributed by atoms with E-state index in [1.54, 1.807) is 0 Å². The molecular weight excluding hydrogens is 256 g/mol. The second-order valence-corrected chi connectivity index (χ2v) is 8.41. The monoisotopic (exact) mass is 282 g/mol. The van der Waals surface area contributed by atoms with Crippen molar-refractivity contribution in [2.45, 2.75) is 71.1 Å². The smallest absolute Gasteiger partial charge is 0.0927 e. The second kappa shape index (κ2) is 4.53. The molecule has 0 N–H and O–H groups in total. The van der Waals surface area contributed by atoms with Gasteiger partial charge in [0.05, 0.1) is 22.4 Å². The van der Waals surface area contributed by atoms with Crippen molar-refractivity contribution in [3.8, 4) is 0 Å². The number of hydrogen-bond acceptors (Lipinski definition) is 2. The van der Waals surface area contributed by atoms with Gasteiger partial charge in [-0.2, -0.15) is 0 Å². The molecule has 0 amide bonds. The van der Waals surface area contributed by atoms with Crippen molar-refractivity contribution in [3.63, 3.8) is 0 Å². The zero-order valence-electron chi connectivity index (χ0n) is 14.1. The van der Waals surface area contributed by atoms with Crippen LogP contribution in [0.25, 0.3) is 11.0 Å². The Labute approximate surface area is 128 Å². The summed E-state index contributed by atoms with van der Waals surface area (Å²) in [5, 5.41) is 0. The molecule has 1 aliphatic carbocycles. The number of benzene rings is 1. The average Bonchev–Trinajstić information content (AvgIpc) is 3.18. The first-order chi connectivity index (χ1) is 9.68. The van der Waals surface area contributed by atoms with Gasteiger partial charge in [-0.3, -0.25) is 0 Å². The Morgan fingerprint density at radius 2 is 1.57 bits per heavy atom. The van der Waals surface area contributed by atoms with E-state index < -0.39 is 0 Å². The molecule has 2 heteroatoms. The minimum Gasteiger partial charge on any atom is -0.249 e. The molecule has 0 aliphatic heterocycles. The number of aromatic nitrogens is 2. The molecule has 0 atom stereocenters. The number of rotatable bonds is 1. The van der Waals surface area contributed by atoms with E-state index in [4.69, 9.17) is 9.97 Å². The molecule has 3 rings (SSSR count). The summed E-state index contributed by atoms with van der Waals surface area (Å²) in [6.45, 7) is 13.5. The third-order valence-corrected chi connectivity index (χ3v) is 4.20. The van der Waals surface area contributed by atoms with Crippen LogP contribution in [0.3, 0.4) is 0 Å².